The summed E-state index contributed by atoms with van der Waals surface area (Å²) in [6.45, 7) is 3.84. The molecule has 1 aliphatic carbocycles. The van der Waals surface area contributed by atoms with Gasteiger partial charge >= 0.3 is 0 Å². The summed E-state index contributed by atoms with van der Waals surface area (Å²) in [5.74, 6) is -0.299. The van der Waals surface area contributed by atoms with Crippen molar-refractivity contribution in [2.75, 3.05) is 11.1 Å². The molecule has 26 heavy (non-hydrogen) atoms. The van der Waals surface area contributed by atoms with E-state index < -0.39 is 0 Å². The Hall–Kier alpha value is -3.40. The van der Waals surface area contributed by atoms with E-state index in [9.17, 15) is 9.59 Å². The lowest BCUT2D eigenvalue weighted by Gasteiger charge is -2.23. The number of carbonyl (C=O) groups is 2. The molecule has 4 rings (SSSR count). The molecule has 0 fully saturated rings. The Morgan fingerprint density at radius 3 is 2.08 bits per heavy atom. The zero-order valence-corrected chi connectivity index (χ0v) is 14.6. The molecule has 0 radical (unpaired) electrons. The molecule has 3 aromatic carbocycles. The Balaban J connectivity index is 1.86. The van der Waals surface area contributed by atoms with Crippen LogP contribution in [0.25, 0.3) is 0 Å². The SMILES string of the molecule is Cc1ccc(Nc2c(N)cc3c(c2C)C(=O)c2ccccc2C3=O)cc1. The van der Waals surface area contributed by atoms with Crippen molar-refractivity contribution in [3.8, 4) is 0 Å². The molecule has 0 heterocycles. The van der Waals surface area contributed by atoms with Crippen molar-refractivity contribution in [1.29, 1.82) is 0 Å². The summed E-state index contributed by atoms with van der Waals surface area (Å²) in [7, 11) is 0. The lowest BCUT2D eigenvalue weighted by Crippen LogP contribution is -2.23. The van der Waals surface area contributed by atoms with Crippen LogP contribution in [0.15, 0.2) is 54.6 Å². The molecule has 0 aromatic heterocycles. The van der Waals surface area contributed by atoms with Crippen molar-refractivity contribution in [3.63, 3.8) is 0 Å². The average Bonchev–Trinajstić information content (AvgIpc) is 2.64. The van der Waals surface area contributed by atoms with Gasteiger partial charge in [0.1, 0.15) is 0 Å². The number of hydrogen-bond donors (Lipinski definition) is 2. The second-order valence-electron chi connectivity index (χ2n) is 6.58. The van der Waals surface area contributed by atoms with Gasteiger partial charge in [-0.3, -0.25) is 9.59 Å². The van der Waals surface area contributed by atoms with Crippen molar-refractivity contribution in [2.45, 2.75) is 13.8 Å². The molecule has 3 aromatic rings. The van der Waals surface area contributed by atoms with Gasteiger partial charge in [0.05, 0.1) is 11.4 Å². The van der Waals surface area contributed by atoms with Gasteiger partial charge in [-0.25, -0.2) is 0 Å². The number of nitrogens with two attached hydrogens (primary N) is 1. The molecule has 128 valence electrons. The number of carbonyl (C=O) groups excluding carboxylic acids is 2. The highest BCUT2D eigenvalue weighted by Gasteiger charge is 2.32. The van der Waals surface area contributed by atoms with E-state index in [-0.39, 0.29) is 11.6 Å². The predicted molar refractivity (Wildman–Crippen MR) is 103 cm³/mol. The molecule has 0 spiro atoms. The third kappa shape index (κ3) is 2.39. The number of benzene rings is 3. The molecule has 0 unspecified atom stereocenters. The van der Waals surface area contributed by atoms with Crippen LogP contribution in [0.5, 0.6) is 0 Å². The predicted octanol–water partition coefficient (Wildman–Crippen LogP) is 4.40. The molecule has 3 N–H and O–H groups in total. The topological polar surface area (TPSA) is 72.2 Å². The lowest BCUT2D eigenvalue weighted by atomic mass is 9.81. The third-order valence-electron chi connectivity index (χ3n) is 4.82. The summed E-state index contributed by atoms with van der Waals surface area (Å²) < 4.78 is 0. The molecule has 0 atom stereocenters. The fourth-order valence-electron chi connectivity index (χ4n) is 3.42. The summed E-state index contributed by atoms with van der Waals surface area (Å²) in [5.41, 5.74) is 11.7. The second kappa shape index (κ2) is 5.85. The standard InChI is InChI=1S/C22H18N2O2/c1-12-7-9-14(10-8-12)24-20-13(2)19-17(11-18(20)23)21(25)15-5-3-4-6-16(15)22(19)26/h3-11,24H,23H2,1-2H3. The number of anilines is 3. The van der Waals surface area contributed by atoms with Crippen LogP contribution in [0.3, 0.4) is 0 Å². The van der Waals surface area contributed by atoms with E-state index in [1.165, 1.54) is 0 Å². The zero-order valence-electron chi connectivity index (χ0n) is 14.6. The molecular weight excluding hydrogens is 324 g/mol. The Bertz CT molecular complexity index is 1070. The van der Waals surface area contributed by atoms with Crippen LogP contribution < -0.4 is 11.1 Å². The average molecular weight is 342 g/mol. The second-order valence-corrected chi connectivity index (χ2v) is 6.58. The molecule has 0 saturated heterocycles. The normalized spacial score (nSPS) is 12.5. The number of aryl methyl sites for hydroxylation is 1. The molecule has 0 amide bonds. The van der Waals surface area contributed by atoms with E-state index >= 15 is 0 Å². The van der Waals surface area contributed by atoms with Crippen molar-refractivity contribution in [2.24, 2.45) is 0 Å². The first-order valence-corrected chi connectivity index (χ1v) is 8.42. The monoisotopic (exact) mass is 342 g/mol. The van der Waals surface area contributed by atoms with Gasteiger partial charge in [-0.1, -0.05) is 42.0 Å². The van der Waals surface area contributed by atoms with Gasteiger partial charge in [-0.15, -0.1) is 0 Å². The first kappa shape index (κ1) is 16.1. The van der Waals surface area contributed by atoms with Gasteiger partial charge < -0.3 is 11.1 Å². The van der Waals surface area contributed by atoms with E-state index in [0.29, 0.717) is 39.2 Å². The molecule has 4 heteroatoms. The molecule has 1 aliphatic rings. The number of ketones is 2. The number of nitrogens with one attached hydrogen (secondary N) is 1. The minimum Gasteiger partial charge on any atom is -0.397 e. The zero-order chi connectivity index (χ0) is 18.4. The first-order chi connectivity index (χ1) is 12.5. The van der Waals surface area contributed by atoms with Crippen LogP contribution in [-0.4, -0.2) is 11.6 Å². The highest BCUT2D eigenvalue weighted by Crippen LogP contribution is 2.37. The molecule has 0 aliphatic heterocycles. The minimum atomic E-state index is -0.160. The van der Waals surface area contributed by atoms with Crippen LogP contribution in [0.4, 0.5) is 17.1 Å². The number of rotatable bonds is 2. The number of fused-ring (bicyclic) bond motifs is 2. The number of hydrogen-bond acceptors (Lipinski definition) is 4. The smallest absolute Gasteiger partial charge is 0.194 e. The van der Waals surface area contributed by atoms with Crippen LogP contribution in [0, 0.1) is 13.8 Å². The Labute approximate surface area is 151 Å². The molecule has 0 saturated carbocycles. The van der Waals surface area contributed by atoms with Gasteiger partial charge in [0.25, 0.3) is 0 Å². The van der Waals surface area contributed by atoms with E-state index in [1.807, 2.05) is 38.1 Å². The van der Waals surface area contributed by atoms with Crippen molar-refractivity contribution < 1.29 is 9.59 Å². The third-order valence-corrected chi connectivity index (χ3v) is 4.82. The fraction of sp³-hybridized carbons (Fsp3) is 0.0909. The quantitative estimate of drug-likeness (QED) is 0.530. The molecule has 0 bridgehead atoms. The fourth-order valence-corrected chi connectivity index (χ4v) is 3.42. The Morgan fingerprint density at radius 1 is 0.808 bits per heavy atom. The van der Waals surface area contributed by atoms with Crippen LogP contribution in [0.2, 0.25) is 0 Å². The highest BCUT2D eigenvalue weighted by molar-refractivity contribution is 6.29. The van der Waals surface area contributed by atoms with Gasteiger partial charge in [0.2, 0.25) is 0 Å². The molecule has 4 nitrogen and oxygen atoms in total. The van der Waals surface area contributed by atoms with Crippen molar-refractivity contribution in [3.05, 3.63) is 88.0 Å². The summed E-state index contributed by atoms with van der Waals surface area (Å²) in [6.07, 6.45) is 0. The first-order valence-electron chi connectivity index (χ1n) is 8.42. The maximum atomic E-state index is 13.0. The minimum absolute atomic E-state index is 0.139. The lowest BCUT2D eigenvalue weighted by molar-refractivity contribution is 0.0978. The summed E-state index contributed by atoms with van der Waals surface area (Å²) in [4.78, 5) is 25.9. The Morgan fingerprint density at radius 2 is 1.42 bits per heavy atom. The molecular formula is C22H18N2O2. The van der Waals surface area contributed by atoms with Crippen LogP contribution in [-0.2, 0) is 0 Å². The van der Waals surface area contributed by atoms with E-state index in [0.717, 1.165) is 11.3 Å². The van der Waals surface area contributed by atoms with Gasteiger partial charge in [-0.05, 0) is 37.6 Å². The van der Waals surface area contributed by atoms with Gasteiger partial charge in [-0.2, -0.15) is 0 Å². The van der Waals surface area contributed by atoms with Crippen molar-refractivity contribution >= 4 is 28.6 Å². The highest BCUT2D eigenvalue weighted by atomic mass is 16.1. The summed E-state index contributed by atoms with van der Waals surface area (Å²) in [5, 5.41) is 3.29. The summed E-state index contributed by atoms with van der Waals surface area (Å²) >= 11 is 0. The Kier molecular flexibility index (Phi) is 3.62. The summed E-state index contributed by atoms with van der Waals surface area (Å²) in [6, 6.07) is 16.4. The van der Waals surface area contributed by atoms with Crippen LogP contribution in [0.1, 0.15) is 43.0 Å². The van der Waals surface area contributed by atoms with Crippen LogP contribution >= 0.6 is 0 Å². The van der Waals surface area contributed by atoms with E-state index in [1.54, 1.807) is 30.3 Å². The maximum Gasteiger partial charge on any atom is 0.194 e. The number of nitrogen functional groups attached to an aromatic ring is 1. The maximum absolute atomic E-state index is 13.0. The van der Waals surface area contributed by atoms with Gasteiger partial charge in [0.15, 0.2) is 11.6 Å². The van der Waals surface area contributed by atoms with E-state index in [4.69, 9.17) is 5.73 Å². The van der Waals surface area contributed by atoms with Gasteiger partial charge in [0, 0.05) is 27.9 Å². The van der Waals surface area contributed by atoms with Crippen molar-refractivity contribution in [1.82, 2.24) is 0 Å². The largest absolute Gasteiger partial charge is 0.397 e. The van der Waals surface area contributed by atoms with E-state index in [2.05, 4.69) is 5.32 Å².